The quantitative estimate of drug-likeness (QED) is 0.600. The minimum Gasteiger partial charge on any atom is -0.376 e. The summed E-state index contributed by atoms with van der Waals surface area (Å²) in [6.07, 6.45) is 10.7. The monoisotopic (exact) mass is 256 g/mol. The summed E-state index contributed by atoms with van der Waals surface area (Å²) in [5.41, 5.74) is 0. The molecule has 0 amide bonds. The molecule has 1 aliphatic heterocycles. The summed E-state index contributed by atoms with van der Waals surface area (Å²) in [6, 6.07) is 0.585. The van der Waals surface area contributed by atoms with Crippen molar-refractivity contribution in [1.29, 1.82) is 0 Å². The third kappa shape index (κ3) is 4.80. The number of nitrogens with one attached hydrogen (secondary N) is 2. The second-order valence-electron chi connectivity index (χ2n) is 5.18. The first-order valence-electron chi connectivity index (χ1n) is 7.00. The van der Waals surface area contributed by atoms with Gasteiger partial charge in [0, 0.05) is 19.2 Å². The van der Waals surface area contributed by atoms with Gasteiger partial charge in [-0.15, -0.1) is 0 Å². The van der Waals surface area contributed by atoms with E-state index < -0.39 is 0 Å². The van der Waals surface area contributed by atoms with Gasteiger partial charge in [0.2, 0.25) is 0 Å². The number of hydrogen-bond donors (Lipinski definition) is 2. The smallest absolute Gasteiger partial charge is 0.166 e. The van der Waals surface area contributed by atoms with Crippen molar-refractivity contribution >= 4 is 17.3 Å². The molecule has 2 fully saturated rings. The normalized spacial score (nSPS) is 26.5. The molecule has 1 aliphatic carbocycles. The minimum absolute atomic E-state index is 0.365. The van der Waals surface area contributed by atoms with E-state index in [4.69, 9.17) is 17.0 Å². The Labute approximate surface area is 110 Å². The van der Waals surface area contributed by atoms with Crippen LogP contribution in [0.5, 0.6) is 0 Å². The van der Waals surface area contributed by atoms with Crippen molar-refractivity contribution in [2.75, 3.05) is 13.2 Å². The minimum atomic E-state index is 0.365. The Hall–Kier alpha value is -0.350. The van der Waals surface area contributed by atoms with Gasteiger partial charge in [-0.3, -0.25) is 0 Å². The van der Waals surface area contributed by atoms with E-state index in [0.717, 1.165) is 18.3 Å². The Kier molecular flexibility index (Phi) is 5.52. The molecule has 2 aliphatic rings. The highest BCUT2D eigenvalue weighted by Crippen LogP contribution is 2.17. The van der Waals surface area contributed by atoms with Crippen LogP contribution in [0.1, 0.15) is 51.4 Å². The van der Waals surface area contributed by atoms with Crippen molar-refractivity contribution in [2.45, 2.75) is 63.5 Å². The highest BCUT2D eigenvalue weighted by molar-refractivity contribution is 7.80. The molecule has 1 atom stereocenters. The second-order valence-corrected chi connectivity index (χ2v) is 5.59. The maximum absolute atomic E-state index is 5.56. The molecule has 1 heterocycles. The zero-order valence-electron chi connectivity index (χ0n) is 10.5. The van der Waals surface area contributed by atoms with Gasteiger partial charge in [0.05, 0.1) is 6.10 Å². The van der Waals surface area contributed by atoms with Gasteiger partial charge < -0.3 is 15.4 Å². The van der Waals surface area contributed by atoms with Crippen LogP contribution in [0.15, 0.2) is 0 Å². The van der Waals surface area contributed by atoms with Gasteiger partial charge in [-0.1, -0.05) is 25.7 Å². The molecule has 1 saturated heterocycles. The number of thiocarbonyl (C=S) groups is 1. The maximum atomic E-state index is 5.56. The van der Waals surface area contributed by atoms with Crippen LogP contribution >= 0.6 is 12.2 Å². The molecule has 0 spiro atoms. The average molecular weight is 256 g/mol. The van der Waals surface area contributed by atoms with Crippen LogP contribution in [0.2, 0.25) is 0 Å². The summed E-state index contributed by atoms with van der Waals surface area (Å²) in [5.74, 6) is 0. The summed E-state index contributed by atoms with van der Waals surface area (Å²) >= 11 is 5.34. The first-order chi connectivity index (χ1) is 8.34. The molecule has 0 aromatic heterocycles. The van der Waals surface area contributed by atoms with Crippen LogP contribution in [0.25, 0.3) is 0 Å². The summed E-state index contributed by atoms with van der Waals surface area (Å²) in [7, 11) is 0. The summed E-state index contributed by atoms with van der Waals surface area (Å²) in [6.45, 7) is 1.77. The van der Waals surface area contributed by atoms with Gasteiger partial charge in [-0.2, -0.15) is 0 Å². The van der Waals surface area contributed by atoms with Crippen LogP contribution in [0, 0.1) is 0 Å². The molecule has 3 nitrogen and oxygen atoms in total. The average Bonchev–Trinajstić information content (AvgIpc) is 2.72. The lowest BCUT2D eigenvalue weighted by molar-refractivity contribution is 0.114. The maximum Gasteiger partial charge on any atom is 0.166 e. The standard InChI is InChI=1S/C13H24N2OS/c17-13(14-10-12-8-5-9-16-12)15-11-6-3-1-2-4-7-11/h11-12H,1-10H2,(H2,14,15,17). The Bertz CT molecular complexity index is 234. The molecule has 1 unspecified atom stereocenters. The lowest BCUT2D eigenvalue weighted by atomic mass is 10.1. The van der Waals surface area contributed by atoms with E-state index in [9.17, 15) is 0 Å². The molecule has 1 saturated carbocycles. The fraction of sp³-hybridized carbons (Fsp3) is 0.923. The van der Waals surface area contributed by atoms with Crippen molar-refractivity contribution in [3.05, 3.63) is 0 Å². The van der Waals surface area contributed by atoms with E-state index in [-0.39, 0.29) is 0 Å². The van der Waals surface area contributed by atoms with Crippen molar-refractivity contribution in [2.24, 2.45) is 0 Å². The molecule has 2 rings (SSSR count). The fourth-order valence-electron chi connectivity index (χ4n) is 2.67. The van der Waals surface area contributed by atoms with Crippen LogP contribution in [-0.2, 0) is 4.74 Å². The van der Waals surface area contributed by atoms with Crippen molar-refractivity contribution in [3.8, 4) is 0 Å². The molecular weight excluding hydrogens is 232 g/mol. The molecule has 0 aromatic carbocycles. The van der Waals surface area contributed by atoms with Crippen molar-refractivity contribution < 1.29 is 4.74 Å². The van der Waals surface area contributed by atoms with Gasteiger partial charge in [0.1, 0.15) is 0 Å². The zero-order chi connectivity index (χ0) is 11.9. The van der Waals surface area contributed by atoms with E-state index in [1.165, 1.54) is 51.4 Å². The topological polar surface area (TPSA) is 33.3 Å². The first-order valence-corrected chi connectivity index (χ1v) is 7.41. The Balaban J connectivity index is 1.61. The van der Waals surface area contributed by atoms with E-state index in [1.807, 2.05) is 0 Å². The second kappa shape index (κ2) is 7.17. The first kappa shape index (κ1) is 13.1. The third-order valence-electron chi connectivity index (χ3n) is 3.70. The van der Waals surface area contributed by atoms with Crippen molar-refractivity contribution in [3.63, 3.8) is 0 Å². The molecular formula is C13H24N2OS. The SMILES string of the molecule is S=C(NCC1CCCO1)NC1CCCCCC1. The lowest BCUT2D eigenvalue weighted by Gasteiger charge is -2.20. The van der Waals surface area contributed by atoms with E-state index in [1.54, 1.807) is 0 Å². The molecule has 98 valence electrons. The van der Waals surface area contributed by atoms with Gasteiger partial charge in [0.25, 0.3) is 0 Å². The molecule has 0 radical (unpaired) electrons. The number of hydrogen-bond acceptors (Lipinski definition) is 2. The van der Waals surface area contributed by atoms with Gasteiger partial charge in [-0.05, 0) is 37.9 Å². The summed E-state index contributed by atoms with van der Waals surface area (Å²) in [4.78, 5) is 0. The predicted octanol–water partition coefficient (Wildman–Crippen LogP) is 2.35. The number of ether oxygens (including phenoxy) is 1. The van der Waals surface area contributed by atoms with E-state index in [2.05, 4.69) is 10.6 Å². The highest BCUT2D eigenvalue weighted by atomic mass is 32.1. The summed E-state index contributed by atoms with van der Waals surface area (Å²) in [5, 5.41) is 7.55. The highest BCUT2D eigenvalue weighted by Gasteiger charge is 2.16. The lowest BCUT2D eigenvalue weighted by Crippen LogP contribution is -2.44. The number of rotatable bonds is 3. The van der Waals surface area contributed by atoms with Crippen LogP contribution < -0.4 is 10.6 Å². The van der Waals surface area contributed by atoms with Gasteiger partial charge in [0.15, 0.2) is 5.11 Å². The van der Waals surface area contributed by atoms with E-state index in [0.29, 0.717) is 12.1 Å². The predicted molar refractivity (Wildman–Crippen MR) is 74.2 cm³/mol. The van der Waals surface area contributed by atoms with Crippen molar-refractivity contribution in [1.82, 2.24) is 10.6 Å². The Morgan fingerprint density at radius 1 is 1.06 bits per heavy atom. The largest absolute Gasteiger partial charge is 0.376 e. The van der Waals surface area contributed by atoms with Gasteiger partial charge >= 0.3 is 0 Å². The summed E-state index contributed by atoms with van der Waals surface area (Å²) < 4.78 is 5.56. The third-order valence-corrected chi connectivity index (χ3v) is 3.97. The molecule has 2 N–H and O–H groups in total. The molecule has 17 heavy (non-hydrogen) atoms. The van der Waals surface area contributed by atoms with Crippen LogP contribution in [0.4, 0.5) is 0 Å². The zero-order valence-corrected chi connectivity index (χ0v) is 11.4. The van der Waals surface area contributed by atoms with Crippen LogP contribution in [0.3, 0.4) is 0 Å². The van der Waals surface area contributed by atoms with Crippen LogP contribution in [-0.4, -0.2) is 30.4 Å². The molecule has 0 aromatic rings. The Morgan fingerprint density at radius 2 is 1.82 bits per heavy atom. The molecule has 4 heteroatoms. The molecule has 0 bridgehead atoms. The van der Waals surface area contributed by atoms with Gasteiger partial charge in [-0.25, -0.2) is 0 Å². The fourth-order valence-corrected chi connectivity index (χ4v) is 2.92. The van der Waals surface area contributed by atoms with E-state index >= 15 is 0 Å². The Morgan fingerprint density at radius 3 is 2.47 bits per heavy atom.